The second kappa shape index (κ2) is 6.10. The Morgan fingerprint density at radius 2 is 2.36 bits per heavy atom. The molecular weight excluding hydrogens is 284 g/mol. The molecule has 3 heterocycles. The number of hydrogen-bond donors (Lipinski definition) is 2. The zero-order valence-electron chi connectivity index (χ0n) is 12.5. The number of anilines is 1. The van der Waals surface area contributed by atoms with Crippen LogP contribution in [0.4, 0.5) is 5.82 Å². The van der Waals surface area contributed by atoms with Crippen molar-refractivity contribution in [3.8, 4) is 0 Å². The van der Waals surface area contributed by atoms with E-state index in [0.29, 0.717) is 31.3 Å². The standard InChI is InChI=1S/C14H18N6O2/c1-9-5-12(15-2)19-13(18-9)11-7-22-4-3-20(11)14(21)10-6-16-8-17-10/h5-6,8,11H,3-4,7H2,1-2H3,(H,16,17)(H,15,18,19)/t11-/m0/s1. The van der Waals surface area contributed by atoms with Gasteiger partial charge in [-0.3, -0.25) is 4.79 Å². The van der Waals surface area contributed by atoms with Gasteiger partial charge in [-0.05, 0) is 6.92 Å². The number of carbonyl (C=O) groups excluding carboxylic acids is 1. The van der Waals surface area contributed by atoms with Gasteiger partial charge in [0.05, 0.1) is 25.7 Å². The highest BCUT2D eigenvalue weighted by Gasteiger charge is 2.32. The predicted molar refractivity (Wildman–Crippen MR) is 79.5 cm³/mol. The maximum absolute atomic E-state index is 12.6. The molecule has 0 aromatic carbocycles. The Morgan fingerprint density at radius 3 is 3.09 bits per heavy atom. The molecule has 0 aliphatic carbocycles. The maximum Gasteiger partial charge on any atom is 0.272 e. The molecule has 2 aromatic rings. The summed E-state index contributed by atoms with van der Waals surface area (Å²) in [6.07, 6.45) is 3.01. The van der Waals surface area contributed by atoms with Crippen molar-refractivity contribution in [2.45, 2.75) is 13.0 Å². The van der Waals surface area contributed by atoms with E-state index in [2.05, 4.69) is 25.3 Å². The van der Waals surface area contributed by atoms with Gasteiger partial charge in [0.15, 0.2) is 5.82 Å². The van der Waals surface area contributed by atoms with Gasteiger partial charge in [0.2, 0.25) is 0 Å². The van der Waals surface area contributed by atoms with Crippen LogP contribution in [0.5, 0.6) is 0 Å². The van der Waals surface area contributed by atoms with Gasteiger partial charge >= 0.3 is 0 Å². The number of nitrogens with one attached hydrogen (secondary N) is 2. The molecule has 1 aliphatic heterocycles. The van der Waals surface area contributed by atoms with E-state index in [1.165, 1.54) is 12.5 Å². The number of imidazole rings is 1. The highest BCUT2D eigenvalue weighted by Crippen LogP contribution is 2.24. The first-order valence-electron chi connectivity index (χ1n) is 7.09. The van der Waals surface area contributed by atoms with E-state index in [4.69, 9.17) is 4.74 Å². The quantitative estimate of drug-likeness (QED) is 0.869. The van der Waals surface area contributed by atoms with Crippen molar-refractivity contribution in [2.75, 3.05) is 32.1 Å². The number of aromatic nitrogens is 4. The number of morpholine rings is 1. The fraction of sp³-hybridized carbons (Fsp3) is 0.429. The number of aromatic amines is 1. The number of aryl methyl sites for hydroxylation is 1. The van der Waals surface area contributed by atoms with Crippen LogP contribution >= 0.6 is 0 Å². The first-order valence-corrected chi connectivity index (χ1v) is 7.09. The molecule has 0 bridgehead atoms. The third kappa shape index (κ3) is 2.77. The molecule has 8 heteroatoms. The minimum atomic E-state index is -0.309. The first-order chi connectivity index (χ1) is 10.7. The van der Waals surface area contributed by atoms with Crippen LogP contribution in [0.15, 0.2) is 18.6 Å². The van der Waals surface area contributed by atoms with E-state index in [1.807, 2.05) is 13.0 Å². The first kappa shape index (κ1) is 14.5. The van der Waals surface area contributed by atoms with Gasteiger partial charge in [-0.2, -0.15) is 0 Å². The lowest BCUT2D eigenvalue weighted by molar-refractivity contribution is -0.00550. The van der Waals surface area contributed by atoms with E-state index in [9.17, 15) is 4.79 Å². The number of nitrogens with zero attached hydrogens (tertiary/aromatic N) is 4. The third-order valence-electron chi connectivity index (χ3n) is 3.54. The lowest BCUT2D eigenvalue weighted by atomic mass is 10.2. The summed E-state index contributed by atoms with van der Waals surface area (Å²) in [7, 11) is 1.80. The van der Waals surface area contributed by atoms with Crippen molar-refractivity contribution < 1.29 is 9.53 Å². The zero-order valence-corrected chi connectivity index (χ0v) is 12.5. The normalized spacial score (nSPS) is 18.3. The number of rotatable bonds is 3. The topological polar surface area (TPSA) is 96.0 Å². The van der Waals surface area contributed by atoms with Gasteiger partial charge in [-0.25, -0.2) is 15.0 Å². The number of hydrogen-bond acceptors (Lipinski definition) is 6. The van der Waals surface area contributed by atoms with E-state index in [1.54, 1.807) is 11.9 Å². The molecule has 8 nitrogen and oxygen atoms in total. The lowest BCUT2D eigenvalue weighted by Crippen LogP contribution is -2.44. The van der Waals surface area contributed by atoms with Crippen LogP contribution in [-0.4, -0.2) is 57.5 Å². The fourth-order valence-electron chi connectivity index (χ4n) is 2.46. The molecule has 0 unspecified atom stereocenters. The van der Waals surface area contributed by atoms with Crippen molar-refractivity contribution in [3.63, 3.8) is 0 Å². The summed E-state index contributed by atoms with van der Waals surface area (Å²) in [5.74, 6) is 1.18. The molecular formula is C14H18N6O2. The smallest absolute Gasteiger partial charge is 0.272 e. The Hall–Kier alpha value is -2.48. The average molecular weight is 302 g/mol. The van der Waals surface area contributed by atoms with Crippen molar-refractivity contribution in [2.24, 2.45) is 0 Å². The Kier molecular flexibility index (Phi) is 4.01. The molecule has 1 atom stereocenters. The van der Waals surface area contributed by atoms with Crippen LogP contribution in [-0.2, 0) is 4.74 Å². The highest BCUT2D eigenvalue weighted by atomic mass is 16.5. The average Bonchev–Trinajstić information content (AvgIpc) is 3.08. The zero-order chi connectivity index (χ0) is 15.5. The molecule has 3 rings (SSSR count). The minimum Gasteiger partial charge on any atom is -0.377 e. The molecule has 1 fully saturated rings. The van der Waals surface area contributed by atoms with Crippen LogP contribution in [0.3, 0.4) is 0 Å². The van der Waals surface area contributed by atoms with Crippen molar-refractivity contribution in [1.82, 2.24) is 24.8 Å². The van der Waals surface area contributed by atoms with E-state index in [-0.39, 0.29) is 11.9 Å². The molecule has 116 valence electrons. The third-order valence-corrected chi connectivity index (χ3v) is 3.54. The molecule has 2 N–H and O–H groups in total. The Bertz CT molecular complexity index is 657. The number of carbonyl (C=O) groups is 1. The monoisotopic (exact) mass is 302 g/mol. The Labute approximate surface area is 127 Å². The predicted octanol–water partition coefficient (Wildman–Crippen LogP) is 0.764. The summed E-state index contributed by atoms with van der Waals surface area (Å²) in [6, 6.07) is 1.55. The fourth-order valence-corrected chi connectivity index (χ4v) is 2.46. The molecule has 1 saturated heterocycles. The summed E-state index contributed by atoms with van der Waals surface area (Å²) in [4.78, 5) is 30.0. The molecule has 0 saturated carbocycles. The van der Waals surface area contributed by atoms with Crippen LogP contribution in [0.1, 0.15) is 28.0 Å². The molecule has 1 aliphatic rings. The van der Waals surface area contributed by atoms with Crippen molar-refractivity contribution in [3.05, 3.63) is 35.8 Å². The van der Waals surface area contributed by atoms with Crippen molar-refractivity contribution >= 4 is 11.7 Å². The van der Waals surface area contributed by atoms with Gasteiger partial charge in [-0.1, -0.05) is 0 Å². The summed E-state index contributed by atoms with van der Waals surface area (Å²) in [6.45, 7) is 3.28. The second-order valence-electron chi connectivity index (χ2n) is 5.06. The molecule has 1 amide bonds. The molecule has 2 aromatic heterocycles. The van der Waals surface area contributed by atoms with Gasteiger partial charge < -0.3 is 19.9 Å². The molecule has 22 heavy (non-hydrogen) atoms. The van der Waals surface area contributed by atoms with Gasteiger partial charge in [0.25, 0.3) is 5.91 Å². The molecule has 0 spiro atoms. The largest absolute Gasteiger partial charge is 0.377 e. The van der Waals surface area contributed by atoms with Gasteiger partial charge in [0, 0.05) is 25.4 Å². The van der Waals surface area contributed by atoms with E-state index in [0.717, 1.165) is 11.5 Å². The number of amides is 1. The number of ether oxygens (including phenoxy) is 1. The summed E-state index contributed by atoms with van der Waals surface area (Å²) >= 11 is 0. The maximum atomic E-state index is 12.6. The van der Waals surface area contributed by atoms with Gasteiger partial charge in [-0.15, -0.1) is 0 Å². The summed E-state index contributed by atoms with van der Waals surface area (Å²) < 4.78 is 5.53. The summed E-state index contributed by atoms with van der Waals surface area (Å²) in [5.41, 5.74) is 1.29. The Morgan fingerprint density at radius 1 is 1.50 bits per heavy atom. The van der Waals surface area contributed by atoms with E-state index < -0.39 is 0 Å². The van der Waals surface area contributed by atoms with Crippen LogP contribution in [0.25, 0.3) is 0 Å². The second-order valence-corrected chi connectivity index (χ2v) is 5.06. The summed E-state index contributed by atoms with van der Waals surface area (Å²) in [5, 5.41) is 3.01. The van der Waals surface area contributed by atoms with Crippen LogP contribution in [0, 0.1) is 6.92 Å². The lowest BCUT2D eigenvalue weighted by Gasteiger charge is -2.34. The van der Waals surface area contributed by atoms with Crippen molar-refractivity contribution in [1.29, 1.82) is 0 Å². The van der Waals surface area contributed by atoms with Crippen LogP contribution < -0.4 is 5.32 Å². The van der Waals surface area contributed by atoms with Crippen LogP contribution in [0.2, 0.25) is 0 Å². The number of H-pyrrole nitrogens is 1. The molecule has 0 radical (unpaired) electrons. The van der Waals surface area contributed by atoms with E-state index >= 15 is 0 Å². The minimum absolute atomic E-state index is 0.123. The Balaban J connectivity index is 1.93. The highest BCUT2D eigenvalue weighted by molar-refractivity contribution is 5.92. The SMILES string of the molecule is CNc1cc(C)nc([C@@H]2COCCN2C(=O)c2cnc[nH]2)n1. The van der Waals surface area contributed by atoms with Gasteiger partial charge in [0.1, 0.15) is 17.6 Å².